The number of likely N-dealkylation sites (tertiary alicyclic amines) is 1. The van der Waals surface area contributed by atoms with Crippen molar-refractivity contribution >= 4 is 21.8 Å². The van der Waals surface area contributed by atoms with Crippen LogP contribution < -0.4 is 14.8 Å². The Bertz CT molecular complexity index is 844. The smallest absolute Gasteiger partial charge is 0.251 e. The molecule has 1 aromatic carbocycles. The van der Waals surface area contributed by atoms with Crippen LogP contribution in [0.1, 0.15) is 55.3 Å². The Kier molecular flexibility index (Phi) is 7.13. The Balaban J connectivity index is 1.60. The molecule has 1 saturated heterocycles. The van der Waals surface area contributed by atoms with Crippen molar-refractivity contribution in [2.75, 3.05) is 26.7 Å². The molecule has 1 aromatic rings. The molecule has 0 spiro atoms. The van der Waals surface area contributed by atoms with Gasteiger partial charge in [-0.25, -0.2) is 13.1 Å². The number of nitrogens with one attached hydrogen (secondary N) is 2. The molecule has 29 heavy (non-hydrogen) atoms. The van der Waals surface area contributed by atoms with Gasteiger partial charge in [0.1, 0.15) is 10.6 Å². The third kappa shape index (κ3) is 5.93. The molecule has 0 radical (unpaired) electrons. The van der Waals surface area contributed by atoms with Gasteiger partial charge in [-0.3, -0.25) is 9.59 Å². The van der Waals surface area contributed by atoms with E-state index in [0.29, 0.717) is 0 Å². The van der Waals surface area contributed by atoms with Crippen molar-refractivity contribution in [1.29, 1.82) is 0 Å². The van der Waals surface area contributed by atoms with E-state index < -0.39 is 15.9 Å². The third-order valence-corrected chi connectivity index (χ3v) is 6.74. The first-order valence-electron chi connectivity index (χ1n) is 10.2. The molecule has 0 unspecified atom stereocenters. The molecular formula is C20H29N3O5S. The Morgan fingerprint density at radius 2 is 1.83 bits per heavy atom. The molecule has 2 aliphatic rings. The van der Waals surface area contributed by atoms with Gasteiger partial charge in [-0.2, -0.15) is 0 Å². The summed E-state index contributed by atoms with van der Waals surface area (Å²) in [5.74, 6) is -0.191. The zero-order valence-corrected chi connectivity index (χ0v) is 17.6. The largest absolute Gasteiger partial charge is 0.495 e. The fraction of sp³-hybridized carbons (Fsp3) is 0.600. The first-order valence-corrected chi connectivity index (χ1v) is 11.7. The quantitative estimate of drug-likeness (QED) is 0.662. The van der Waals surface area contributed by atoms with E-state index in [-0.39, 0.29) is 41.1 Å². The van der Waals surface area contributed by atoms with E-state index in [2.05, 4.69) is 10.0 Å². The standard InChI is InChI=1S/C20H29N3O5S/c1-28-17-9-6-15(14-18(17)29(26,27)22-16-7-8-16)20(25)21-11-10-19(24)23-12-4-2-3-5-13-23/h6,9,14,16,22H,2-5,7-8,10-13H2,1H3,(H,21,25). The lowest BCUT2D eigenvalue weighted by Crippen LogP contribution is -2.35. The number of hydrogen-bond donors (Lipinski definition) is 2. The van der Waals surface area contributed by atoms with Crippen molar-refractivity contribution < 1.29 is 22.7 Å². The van der Waals surface area contributed by atoms with Crippen molar-refractivity contribution in [2.45, 2.75) is 55.9 Å². The van der Waals surface area contributed by atoms with Crippen LogP contribution in [0.25, 0.3) is 0 Å². The van der Waals surface area contributed by atoms with E-state index in [1.807, 2.05) is 4.90 Å². The molecule has 2 fully saturated rings. The summed E-state index contributed by atoms with van der Waals surface area (Å²) >= 11 is 0. The summed E-state index contributed by atoms with van der Waals surface area (Å²) in [5, 5.41) is 2.71. The first-order chi connectivity index (χ1) is 13.9. The van der Waals surface area contributed by atoms with Crippen LogP contribution in [-0.4, -0.2) is 57.9 Å². The summed E-state index contributed by atoms with van der Waals surface area (Å²) in [7, 11) is -2.37. The number of carbonyl (C=O) groups excluding carboxylic acids is 2. The van der Waals surface area contributed by atoms with Gasteiger partial charge in [0.15, 0.2) is 0 Å². The lowest BCUT2D eigenvalue weighted by atomic mass is 10.2. The zero-order valence-electron chi connectivity index (χ0n) is 16.8. The van der Waals surface area contributed by atoms with Crippen LogP contribution in [-0.2, 0) is 14.8 Å². The van der Waals surface area contributed by atoms with E-state index in [1.54, 1.807) is 0 Å². The van der Waals surface area contributed by atoms with Crippen LogP contribution in [0, 0.1) is 0 Å². The second-order valence-corrected chi connectivity index (χ2v) is 9.24. The van der Waals surface area contributed by atoms with Crippen molar-refractivity contribution in [1.82, 2.24) is 14.9 Å². The fourth-order valence-corrected chi connectivity index (χ4v) is 4.88. The van der Waals surface area contributed by atoms with Gasteiger partial charge < -0.3 is 15.0 Å². The fourth-order valence-electron chi connectivity index (χ4n) is 3.38. The number of sulfonamides is 1. The van der Waals surface area contributed by atoms with Gasteiger partial charge in [-0.05, 0) is 43.9 Å². The SMILES string of the molecule is COc1ccc(C(=O)NCCC(=O)N2CCCCCC2)cc1S(=O)(=O)NC1CC1. The highest BCUT2D eigenvalue weighted by Crippen LogP contribution is 2.28. The van der Waals surface area contributed by atoms with E-state index in [0.717, 1.165) is 51.6 Å². The van der Waals surface area contributed by atoms with Crippen molar-refractivity contribution in [3.8, 4) is 5.75 Å². The maximum absolute atomic E-state index is 12.6. The van der Waals surface area contributed by atoms with Crippen LogP contribution in [0.5, 0.6) is 5.75 Å². The molecule has 1 aliphatic heterocycles. The number of nitrogens with zero attached hydrogens (tertiary/aromatic N) is 1. The second kappa shape index (κ2) is 9.58. The minimum Gasteiger partial charge on any atom is -0.495 e. The molecule has 8 nitrogen and oxygen atoms in total. The lowest BCUT2D eigenvalue weighted by Gasteiger charge is -2.20. The summed E-state index contributed by atoms with van der Waals surface area (Å²) in [6.45, 7) is 1.77. The van der Waals surface area contributed by atoms with E-state index in [9.17, 15) is 18.0 Å². The maximum Gasteiger partial charge on any atom is 0.251 e. The summed E-state index contributed by atoms with van der Waals surface area (Å²) in [6, 6.07) is 4.25. The van der Waals surface area contributed by atoms with Gasteiger partial charge >= 0.3 is 0 Å². The molecular weight excluding hydrogens is 394 g/mol. The Morgan fingerprint density at radius 1 is 1.14 bits per heavy atom. The normalized spacial score (nSPS) is 17.5. The molecule has 0 atom stereocenters. The summed E-state index contributed by atoms with van der Waals surface area (Å²) in [5.41, 5.74) is 0.212. The summed E-state index contributed by atoms with van der Waals surface area (Å²) in [4.78, 5) is 26.6. The third-order valence-electron chi connectivity index (χ3n) is 5.20. The summed E-state index contributed by atoms with van der Waals surface area (Å²) in [6.07, 6.45) is 6.21. The molecule has 0 bridgehead atoms. The second-order valence-electron chi connectivity index (χ2n) is 7.56. The molecule has 2 amide bonds. The highest BCUT2D eigenvalue weighted by molar-refractivity contribution is 7.89. The number of ether oxygens (including phenoxy) is 1. The molecule has 2 N–H and O–H groups in total. The lowest BCUT2D eigenvalue weighted by molar-refractivity contribution is -0.131. The van der Waals surface area contributed by atoms with Gasteiger partial charge in [0, 0.05) is 37.7 Å². The van der Waals surface area contributed by atoms with Crippen LogP contribution in [0.2, 0.25) is 0 Å². The number of carbonyl (C=O) groups is 2. The monoisotopic (exact) mass is 423 g/mol. The Hall–Kier alpha value is -2.13. The average Bonchev–Trinajstić information content (AvgIpc) is 3.53. The Labute approximate surface area is 172 Å². The molecule has 1 aliphatic carbocycles. The maximum atomic E-state index is 12.6. The van der Waals surface area contributed by atoms with Crippen molar-refractivity contribution in [3.63, 3.8) is 0 Å². The molecule has 1 heterocycles. The topological polar surface area (TPSA) is 105 Å². The molecule has 1 saturated carbocycles. The van der Waals surface area contributed by atoms with E-state index in [1.165, 1.54) is 25.3 Å². The predicted molar refractivity (Wildman–Crippen MR) is 108 cm³/mol. The van der Waals surface area contributed by atoms with E-state index in [4.69, 9.17) is 4.74 Å². The Morgan fingerprint density at radius 3 is 2.45 bits per heavy atom. The van der Waals surface area contributed by atoms with Crippen molar-refractivity contribution in [3.05, 3.63) is 23.8 Å². The van der Waals surface area contributed by atoms with E-state index >= 15 is 0 Å². The first kappa shape index (κ1) is 21.6. The molecule has 3 rings (SSSR count). The summed E-state index contributed by atoms with van der Waals surface area (Å²) < 4.78 is 32.9. The van der Waals surface area contributed by atoms with Crippen molar-refractivity contribution in [2.24, 2.45) is 0 Å². The van der Waals surface area contributed by atoms with Crippen LogP contribution >= 0.6 is 0 Å². The number of amides is 2. The zero-order chi connectivity index (χ0) is 20.9. The number of methoxy groups -OCH3 is 1. The van der Waals surface area contributed by atoms with Crippen LogP contribution in [0.4, 0.5) is 0 Å². The average molecular weight is 424 g/mol. The number of hydrogen-bond acceptors (Lipinski definition) is 5. The van der Waals surface area contributed by atoms with Gasteiger partial charge in [-0.1, -0.05) is 12.8 Å². The minimum absolute atomic E-state index is 0.0406. The number of rotatable bonds is 8. The van der Waals surface area contributed by atoms with Gasteiger partial charge in [0.2, 0.25) is 15.9 Å². The van der Waals surface area contributed by atoms with Crippen LogP contribution in [0.15, 0.2) is 23.1 Å². The minimum atomic E-state index is -3.76. The molecule has 9 heteroatoms. The van der Waals surface area contributed by atoms with Gasteiger partial charge in [0.05, 0.1) is 7.11 Å². The van der Waals surface area contributed by atoms with Crippen LogP contribution in [0.3, 0.4) is 0 Å². The molecule has 160 valence electrons. The number of benzene rings is 1. The molecule has 0 aromatic heterocycles. The highest BCUT2D eigenvalue weighted by atomic mass is 32.2. The van der Waals surface area contributed by atoms with Gasteiger partial charge in [-0.15, -0.1) is 0 Å². The van der Waals surface area contributed by atoms with Gasteiger partial charge in [0.25, 0.3) is 5.91 Å². The highest BCUT2D eigenvalue weighted by Gasteiger charge is 2.30. The predicted octanol–water partition coefficient (Wildman–Crippen LogP) is 1.66.